The van der Waals surface area contributed by atoms with E-state index < -0.39 is 0 Å². The monoisotopic (exact) mass is 241 g/mol. The van der Waals surface area contributed by atoms with Crippen molar-refractivity contribution >= 4 is 0 Å². The van der Waals surface area contributed by atoms with Gasteiger partial charge >= 0.3 is 0 Å². The Hall–Kier alpha value is -0.820. The van der Waals surface area contributed by atoms with E-state index in [-0.39, 0.29) is 0 Å². The van der Waals surface area contributed by atoms with Crippen molar-refractivity contribution in [1.29, 1.82) is 0 Å². The van der Waals surface area contributed by atoms with Crippen LogP contribution in [0.3, 0.4) is 0 Å². The highest BCUT2D eigenvalue weighted by atomic mass is 15.0. The Kier molecular flexibility index (Phi) is 2.69. The van der Waals surface area contributed by atoms with Crippen molar-refractivity contribution in [2.45, 2.75) is 57.0 Å². The summed E-state index contributed by atoms with van der Waals surface area (Å²) in [6.45, 7) is 0. The van der Waals surface area contributed by atoms with Crippen LogP contribution in [-0.4, -0.2) is 12.1 Å². The molecule has 1 nitrogen and oxygen atoms in total. The van der Waals surface area contributed by atoms with Crippen molar-refractivity contribution in [3.05, 3.63) is 35.4 Å². The second kappa shape index (κ2) is 4.38. The topological polar surface area (TPSA) is 12.0 Å². The van der Waals surface area contributed by atoms with E-state index in [9.17, 15) is 0 Å². The van der Waals surface area contributed by atoms with Crippen LogP contribution in [0.5, 0.6) is 0 Å². The van der Waals surface area contributed by atoms with E-state index in [4.69, 9.17) is 0 Å². The molecule has 1 heteroatoms. The van der Waals surface area contributed by atoms with E-state index in [1.54, 1.807) is 11.1 Å². The van der Waals surface area contributed by atoms with Crippen LogP contribution in [0.25, 0.3) is 0 Å². The van der Waals surface area contributed by atoms with E-state index in [1.807, 2.05) is 0 Å². The van der Waals surface area contributed by atoms with E-state index in [0.29, 0.717) is 0 Å². The molecule has 4 atom stereocenters. The third-order valence-electron chi connectivity index (χ3n) is 5.53. The first kappa shape index (κ1) is 11.0. The lowest BCUT2D eigenvalue weighted by Gasteiger charge is -2.32. The number of hydrogen-bond donors (Lipinski definition) is 1. The number of hydrogen-bond acceptors (Lipinski definition) is 1. The van der Waals surface area contributed by atoms with Gasteiger partial charge in [-0.2, -0.15) is 0 Å². The third-order valence-corrected chi connectivity index (χ3v) is 5.53. The number of benzene rings is 1. The average molecular weight is 241 g/mol. The zero-order valence-corrected chi connectivity index (χ0v) is 11.1. The molecule has 3 aliphatic carbocycles. The van der Waals surface area contributed by atoms with Gasteiger partial charge in [0.05, 0.1) is 0 Å². The molecule has 2 fully saturated rings. The molecule has 0 aromatic heterocycles. The minimum atomic E-state index is 0.740. The molecule has 4 rings (SSSR count). The zero-order valence-electron chi connectivity index (χ0n) is 11.1. The first-order valence-corrected chi connectivity index (χ1v) is 7.71. The van der Waals surface area contributed by atoms with Crippen molar-refractivity contribution in [2.24, 2.45) is 11.8 Å². The quantitative estimate of drug-likeness (QED) is 0.837. The summed E-state index contributed by atoms with van der Waals surface area (Å²) in [7, 11) is 0. The summed E-state index contributed by atoms with van der Waals surface area (Å²) in [4.78, 5) is 0. The van der Waals surface area contributed by atoms with Crippen LogP contribution in [0.2, 0.25) is 0 Å². The van der Waals surface area contributed by atoms with Crippen LogP contribution in [0.4, 0.5) is 0 Å². The van der Waals surface area contributed by atoms with Crippen LogP contribution >= 0.6 is 0 Å². The maximum atomic E-state index is 3.99. The Labute approximate surface area is 110 Å². The number of fused-ring (bicyclic) bond motifs is 3. The maximum absolute atomic E-state index is 3.99. The molecule has 0 radical (unpaired) electrons. The molecule has 0 amide bonds. The summed E-state index contributed by atoms with van der Waals surface area (Å²) < 4.78 is 0. The van der Waals surface area contributed by atoms with E-state index in [0.717, 1.165) is 23.9 Å². The van der Waals surface area contributed by atoms with Crippen LogP contribution in [0.15, 0.2) is 24.3 Å². The van der Waals surface area contributed by atoms with Crippen LogP contribution in [0.1, 0.15) is 43.2 Å². The molecule has 1 aromatic rings. The molecular weight excluding hydrogens is 218 g/mol. The summed E-state index contributed by atoms with van der Waals surface area (Å²) in [6.07, 6.45) is 9.84. The van der Waals surface area contributed by atoms with Gasteiger partial charge in [-0.25, -0.2) is 0 Å². The van der Waals surface area contributed by atoms with Crippen LogP contribution < -0.4 is 5.32 Å². The molecule has 0 heterocycles. The van der Waals surface area contributed by atoms with Crippen LogP contribution in [-0.2, 0) is 12.8 Å². The van der Waals surface area contributed by atoms with Gasteiger partial charge in [0.1, 0.15) is 0 Å². The molecule has 2 bridgehead atoms. The smallest absolute Gasteiger partial charge is 0.0113 e. The highest BCUT2D eigenvalue weighted by Crippen LogP contribution is 2.44. The molecule has 18 heavy (non-hydrogen) atoms. The Morgan fingerprint density at radius 1 is 0.944 bits per heavy atom. The van der Waals surface area contributed by atoms with Gasteiger partial charge in [0.15, 0.2) is 0 Å². The van der Waals surface area contributed by atoms with Crippen molar-refractivity contribution in [3.8, 4) is 0 Å². The fraction of sp³-hybridized carbons (Fsp3) is 0.647. The van der Waals surface area contributed by atoms with E-state index in [1.165, 1.54) is 44.9 Å². The number of nitrogens with one attached hydrogen (secondary N) is 1. The summed E-state index contributed by atoms with van der Waals surface area (Å²) in [6, 6.07) is 10.6. The second-order valence-corrected chi connectivity index (χ2v) is 6.66. The molecule has 2 saturated carbocycles. The SMILES string of the molecule is c1ccc2c(c1)CCC(NC1CC3CCC1C3)C2. The van der Waals surface area contributed by atoms with Crippen molar-refractivity contribution in [3.63, 3.8) is 0 Å². The lowest BCUT2D eigenvalue weighted by Crippen LogP contribution is -2.44. The fourth-order valence-electron chi connectivity index (χ4n) is 4.59. The Balaban J connectivity index is 1.42. The number of aryl methyl sites for hydroxylation is 1. The minimum absolute atomic E-state index is 0.740. The van der Waals surface area contributed by atoms with Gasteiger partial charge in [-0.05, 0) is 61.5 Å². The Morgan fingerprint density at radius 3 is 2.61 bits per heavy atom. The van der Waals surface area contributed by atoms with Gasteiger partial charge in [0.25, 0.3) is 0 Å². The summed E-state index contributed by atoms with van der Waals surface area (Å²) in [5.74, 6) is 2.07. The molecule has 0 spiro atoms. The van der Waals surface area contributed by atoms with Gasteiger partial charge in [0.2, 0.25) is 0 Å². The molecule has 1 aromatic carbocycles. The zero-order chi connectivity index (χ0) is 11.9. The summed E-state index contributed by atoms with van der Waals surface area (Å²) in [5, 5.41) is 3.99. The highest BCUT2D eigenvalue weighted by Gasteiger charge is 2.40. The normalized spacial score (nSPS) is 37.8. The largest absolute Gasteiger partial charge is 0.311 e. The Morgan fingerprint density at radius 2 is 1.83 bits per heavy atom. The van der Waals surface area contributed by atoms with Gasteiger partial charge in [-0.15, -0.1) is 0 Å². The first-order valence-electron chi connectivity index (χ1n) is 7.71. The molecule has 0 saturated heterocycles. The lowest BCUT2D eigenvalue weighted by atomic mass is 9.86. The predicted octanol–water partition coefficient (Wildman–Crippen LogP) is 3.32. The maximum Gasteiger partial charge on any atom is 0.0113 e. The highest BCUT2D eigenvalue weighted by molar-refractivity contribution is 5.30. The van der Waals surface area contributed by atoms with Gasteiger partial charge in [0, 0.05) is 12.1 Å². The van der Waals surface area contributed by atoms with E-state index in [2.05, 4.69) is 29.6 Å². The van der Waals surface area contributed by atoms with Crippen LogP contribution in [0, 0.1) is 11.8 Å². The average Bonchev–Trinajstić information content (AvgIpc) is 3.01. The minimum Gasteiger partial charge on any atom is -0.311 e. The summed E-state index contributed by atoms with van der Waals surface area (Å²) in [5.41, 5.74) is 3.17. The molecule has 3 aliphatic rings. The van der Waals surface area contributed by atoms with E-state index >= 15 is 0 Å². The number of rotatable bonds is 2. The fourth-order valence-corrected chi connectivity index (χ4v) is 4.59. The molecule has 96 valence electrons. The van der Waals surface area contributed by atoms with Gasteiger partial charge in [-0.3, -0.25) is 0 Å². The molecular formula is C17H23N. The molecule has 0 aliphatic heterocycles. The first-order chi connectivity index (χ1) is 8.88. The van der Waals surface area contributed by atoms with Gasteiger partial charge in [-0.1, -0.05) is 30.7 Å². The van der Waals surface area contributed by atoms with Gasteiger partial charge < -0.3 is 5.32 Å². The second-order valence-electron chi connectivity index (χ2n) is 6.66. The van der Waals surface area contributed by atoms with Crippen molar-refractivity contribution in [2.75, 3.05) is 0 Å². The molecule has 4 unspecified atom stereocenters. The third kappa shape index (κ3) is 1.89. The Bertz CT molecular complexity index is 439. The molecule has 1 N–H and O–H groups in total. The van der Waals surface area contributed by atoms with Crippen molar-refractivity contribution in [1.82, 2.24) is 5.32 Å². The predicted molar refractivity (Wildman–Crippen MR) is 74.6 cm³/mol. The lowest BCUT2D eigenvalue weighted by molar-refractivity contribution is 0.303. The van der Waals surface area contributed by atoms with Crippen molar-refractivity contribution < 1.29 is 0 Å². The summed E-state index contributed by atoms with van der Waals surface area (Å²) >= 11 is 0. The standard InChI is InChI=1S/C17H23N/c1-2-4-14-11-16(8-7-13(14)3-1)18-17-10-12-5-6-15(17)9-12/h1-4,12,15-18H,5-11H2.